The molecule has 0 spiro atoms. The fourth-order valence-electron chi connectivity index (χ4n) is 1.66. The fourth-order valence-corrected chi connectivity index (χ4v) is 1.66. The van der Waals surface area contributed by atoms with Crippen molar-refractivity contribution in [3.63, 3.8) is 0 Å². The first-order valence-electron chi connectivity index (χ1n) is 6.10. The summed E-state index contributed by atoms with van der Waals surface area (Å²) >= 11 is 0. The van der Waals surface area contributed by atoms with Gasteiger partial charge in [0.05, 0.1) is 6.26 Å². The van der Waals surface area contributed by atoms with E-state index in [1.54, 1.807) is 32.9 Å². The van der Waals surface area contributed by atoms with Crippen LogP contribution in [0, 0.1) is 0 Å². The van der Waals surface area contributed by atoms with Gasteiger partial charge in [0.1, 0.15) is 29.2 Å². The fraction of sp³-hybridized carbons (Fsp3) is 0.571. The maximum absolute atomic E-state index is 11.7. The molecule has 0 aliphatic carbocycles. The van der Waals surface area contributed by atoms with Gasteiger partial charge in [-0.15, -0.1) is 0 Å². The van der Waals surface area contributed by atoms with Gasteiger partial charge >= 0.3 is 5.97 Å². The Balaban J connectivity index is 2.54. The summed E-state index contributed by atoms with van der Waals surface area (Å²) < 4.78 is 10.1. The highest BCUT2D eigenvalue weighted by atomic mass is 16.6. The Morgan fingerprint density at radius 1 is 1.32 bits per heavy atom. The third-order valence-corrected chi connectivity index (χ3v) is 2.35. The Bertz CT molecular complexity index is 437. The van der Waals surface area contributed by atoms with Gasteiger partial charge < -0.3 is 14.3 Å². The molecule has 0 fully saturated rings. The van der Waals surface area contributed by atoms with Crippen molar-refractivity contribution in [3.8, 4) is 0 Å². The molecule has 19 heavy (non-hydrogen) atoms. The molecule has 5 heteroatoms. The number of aliphatic hydroxyl groups is 1. The number of furan rings is 1. The monoisotopic (exact) mass is 268 g/mol. The van der Waals surface area contributed by atoms with E-state index in [4.69, 9.17) is 9.15 Å². The summed E-state index contributed by atoms with van der Waals surface area (Å²) in [5.74, 6) is -0.687. The highest BCUT2D eigenvalue weighted by Crippen LogP contribution is 2.25. The topological polar surface area (TPSA) is 76.7 Å². The molecule has 0 bridgehead atoms. The minimum Gasteiger partial charge on any atom is -0.466 e. The molecule has 1 aromatic heterocycles. The molecule has 0 saturated heterocycles. The van der Waals surface area contributed by atoms with Crippen molar-refractivity contribution in [1.82, 2.24) is 0 Å². The maximum Gasteiger partial charge on any atom is 0.313 e. The highest BCUT2D eigenvalue weighted by molar-refractivity contribution is 5.96. The lowest BCUT2D eigenvalue weighted by atomic mass is 9.95. The Hall–Kier alpha value is -1.62. The van der Waals surface area contributed by atoms with E-state index in [1.165, 1.54) is 13.2 Å². The number of hydrogen-bond donors (Lipinski definition) is 1. The molecule has 0 aliphatic rings. The van der Waals surface area contributed by atoms with Crippen molar-refractivity contribution in [2.24, 2.45) is 0 Å². The smallest absolute Gasteiger partial charge is 0.313 e. The number of ketones is 1. The lowest BCUT2D eigenvalue weighted by Gasteiger charge is -2.21. The van der Waals surface area contributed by atoms with Gasteiger partial charge in [-0.2, -0.15) is 0 Å². The molecule has 0 radical (unpaired) electrons. The van der Waals surface area contributed by atoms with Gasteiger partial charge in [-0.05, 0) is 39.8 Å². The van der Waals surface area contributed by atoms with Crippen molar-refractivity contribution in [2.75, 3.05) is 0 Å². The van der Waals surface area contributed by atoms with Crippen molar-refractivity contribution >= 4 is 11.8 Å². The number of ether oxygens (including phenoxy) is 1. The quantitative estimate of drug-likeness (QED) is 0.654. The van der Waals surface area contributed by atoms with Gasteiger partial charge in [-0.3, -0.25) is 9.59 Å². The van der Waals surface area contributed by atoms with Crippen molar-refractivity contribution in [1.29, 1.82) is 0 Å². The number of hydrogen-bond acceptors (Lipinski definition) is 5. The predicted octanol–water partition coefficient (Wildman–Crippen LogP) is 2.18. The van der Waals surface area contributed by atoms with Crippen LogP contribution in [0.25, 0.3) is 0 Å². The van der Waals surface area contributed by atoms with Crippen LogP contribution in [0.1, 0.15) is 46.3 Å². The number of carbonyl (C=O) groups excluding carboxylic acids is 2. The number of rotatable bonds is 5. The second-order valence-corrected chi connectivity index (χ2v) is 5.73. The molecular weight excluding hydrogens is 248 g/mol. The summed E-state index contributed by atoms with van der Waals surface area (Å²) in [6.07, 6.45) is 0.871. The maximum atomic E-state index is 11.7. The van der Waals surface area contributed by atoms with E-state index in [2.05, 4.69) is 0 Å². The molecule has 0 aromatic carbocycles. The molecule has 1 heterocycles. The molecule has 0 saturated carbocycles. The van der Waals surface area contributed by atoms with E-state index >= 15 is 0 Å². The van der Waals surface area contributed by atoms with Crippen LogP contribution in [0.2, 0.25) is 0 Å². The predicted molar refractivity (Wildman–Crippen MR) is 68.4 cm³/mol. The number of Topliss-reactive ketones (excluding diaryl/α,β-unsaturated/α-hetero) is 1. The van der Waals surface area contributed by atoms with E-state index in [-0.39, 0.29) is 12.8 Å². The highest BCUT2D eigenvalue weighted by Gasteiger charge is 2.30. The second-order valence-electron chi connectivity index (χ2n) is 5.73. The molecule has 0 aliphatic heterocycles. The zero-order chi connectivity index (χ0) is 14.7. The summed E-state index contributed by atoms with van der Waals surface area (Å²) in [5, 5.41) is 10.1. The van der Waals surface area contributed by atoms with Crippen LogP contribution in [0.5, 0.6) is 0 Å². The summed E-state index contributed by atoms with van der Waals surface area (Å²) in [4.78, 5) is 23.2. The van der Waals surface area contributed by atoms with E-state index in [0.717, 1.165) is 0 Å². The van der Waals surface area contributed by atoms with Crippen LogP contribution in [0.15, 0.2) is 22.8 Å². The molecule has 1 unspecified atom stereocenters. The van der Waals surface area contributed by atoms with E-state index in [0.29, 0.717) is 5.76 Å². The standard InChI is InChI=1S/C14H20O5/c1-13(2,3)19-12(16)8-10(15)9-14(4,17)11-6-5-7-18-11/h5-7,17H,8-9H2,1-4H3. The Labute approximate surface area is 112 Å². The number of carbonyl (C=O) groups is 2. The zero-order valence-electron chi connectivity index (χ0n) is 11.7. The lowest BCUT2D eigenvalue weighted by molar-refractivity contribution is -0.156. The largest absolute Gasteiger partial charge is 0.466 e. The van der Waals surface area contributed by atoms with Gasteiger partial charge in [-0.25, -0.2) is 0 Å². The lowest BCUT2D eigenvalue weighted by Crippen LogP contribution is -2.29. The van der Waals surface area contributed by atoms with Gasteiger partial charge in [0.2, 0.25) is 0 Å². The molecule has 0 amide bonds. The normalized spacial score (nSPS) is 14.8. The number of esters is 1. The van der Waals surface area contributed by atoms with Gasteiger partial charge in [0.15, 0.2) is 0 Å². The van der Waals surface area contributed by atoms with Crippen LogP contribution >= 0.6 is 0 Å². The van der Waals surface area contributed by atoms with Crippen LogP contribution in [0.4, 0.5) is 0 Å². The van der Waals surface area contributed by atoms with E-state index in [9.17, 15) is 14.7 Å². The molecule has 1 N–H and O–H groups in total. The Morgan fingerprint density at radius 2 is 1.95 bits per heavy atom. The van der Waals surface area contributed by atoms with Crippen molar-refractivity contribution in [2.45, 2.75) is 51.7 Å². The molecule has 106 valence electrons. The first-order chi connectivity index (χ1) is 8.60. The third-order valence-electron chi connectivity index (χ3n) is 2.35. The zero-order valence-corrected chi connectivity index (χ0v) is 11.7. The van der Waals surface area contributed by atoms with Crippen LogP contribution < -0.4 is 0 Å². The first kappa shape index (κ1) is 15.4. The summed E-state index contributed by atoms with van der Waals surface area (Å²) in [7, 11) is 0. The summed E-state index contributed by atoms with van der Waals surface area (Å²) in [6.45, 7) is 6.66. The van der Waals surface area contributed by atoms with Crippen LogP contribution in [-0.2, 0) is 19.9 Å². The van der Waals surface area contributed by atoms with Gasteiger partial charge in [-0.1, -0.05) is 0 Å². The Kier molecular flexibility index (Phi) is 4.52. The molecule has 1 rings (SSSR count). The third kappa shape index (κ3) is 5.26. The summed E-state index contributed by atoms with van der Waals surface area (Å²) in [5.41, 5.74) is -2.04. The molecular formula is C14H20O5. The van der Waals surface area contributed by atoms with Gasteiger partial charge in [0.25, 0.3) is 0 Å². The van der Waals surface area contributed by atoms with E-state index in [1.807, 2.05) is 0 Å². The summed E-state index contributed by atoms with van der Waals surface area (Å²) in [6, 6.07) is 3.21. The van der Waals surface area contributed by atoms with Crippen molar-refractivity contribution < 1.29 is 23.8 Å². The van der Waals surface area contributed by atoms with Crippen LogP contribution in [0.3, 0.4) is 0 Å². The first-order valence-corrected chi connectivity index (χ1v) is 6.10. The SMILES string of the molecule is CC(C)(C)OC(=O)CC(=O)CC(C)(O)c1ccco1. The minimum absolute atomic E-state index is 0.195. The Morgan fingerprint density at radius 3 is 2.42 bits per heavy atom. The molecule has 1 aromatic rings. The van der Waals surface area contributed by atoms with Crippen LogP contribution in [-0.4, -0.2) is 22.5 Å². The van der Waals surface area contributed by atoms with Gasteiger partial charge in [0, 0.05) is 6.42 Å². The van der Waals surface area contributed by atoms with Crippen molar-refractivity contribution in [3.05, 3.63) is 24.2 Å². The average molecular weight is 268 g/mol. The molecule has 5 nitrogen and oxygen atoms in total. The molecule has 1 atom stereocenters. The van der Waals surface area contributed by atoms with E-state index < -0.39 is 23.0 Å². The minimum atomic E-state index is -1.41. The average Bonchev–Trinajstić information content (AvgIpc) is 2.64. The second kappa shape index (κ2) is 5.57.